The summed E-state index contributed by atoms with van der Waals surface area (Å²) in [6, 6.07) is 21.5. The van der Waals surface area contributed by atoms with Crippen molar-refractivity contribution in [3.8, 4) is 5.69 Å². The van der Waals surface area contributed by atoms with E-state index >= 15 is 0 Å². The Kier molecular flexibility index (Phi) is 7.55. The number of methoxy groups -OCH3 is 1. The Bertz CT molecular complexity index is 1480. The van der Waals surface area contributed by atoms with Crippen LogP contribution in [0.25, 0.3) is 16.6 Å². The zero-order valence-electron chi connectivity index (χ0n) is 20.5. The molecule has 0 fully saturated rings. The molecule has 8 heteroatoms. The molecule has 1 atom stereocenters. The first-order chi connectivity index (χ1) is 17.3. The summed E-state index contributed by atoms with van der Waals surface area (Å²) in [5.74, 6) is -0.471. The van der Waals surface area contributed by atoms with Gasteiger partial charge in [0.2, 0.25) is 5.91 Å². The van der Waals surface area contributed by atoms with Crippen molar-refractivity contribution in [1.82, 2.24) is 9.55 Å². The maximum absolute atomic E-state index is 13.6. The lowest BCUT2D eigenvalue weighted by molar-refractivity contribution is -0.115. The van der Waals surface area contributed by atoms with Gasteiger partial charge in [-0.25, -0.2) is 9.78 Å². The first kappa shape index (κ1) is 25.2. The fourth-order valence-corrected chi connectivity index (χ4v) is 4.78. The highest BCUT2D eigenvalue weighted by molar-refractivity contribution is 8.00. The molecule has 3 aromatic carbocycles. The fourth-order valence-electron chi connectivity index (χ4n) is 3.85. The summed E-state index contributed by atoms with van der Waals surface area (Å²) in [6.07, 6.45) is 0. The molecular formula is C28H27N3O4S. The number of rotatable bonds is 7. The first-order valence-corrected chi connectivity index (χ1v) is 12.4. The van der Waals surface area contributed by atoms with Crippen molar-refractivity contribution in [3.05, 3.63) is 94.3 Å². The zero-order valence-corrected chi connectivity index (χ0v) is 21.3. The van der Waals surface area contributed by atoms with Gasteiger partial charge < -0.3 is 10.1 Å². The van der Waals surface area contributed by atoms with Gasteiger partial charge in [-0.05, 0) is 54.8 Å². The molecule has 7 nitrogen and oxygen atoms in total. The lowest BCUT2D eigenvalue weighted by atomic mass is 10.0. The minimum Gasteiger partial charge on any atom is -0.465 e. The SMILES string of the molecule is COC(=O)c1ccc2c(=O)n(-c3ccccc3)c(SC(C)C(=O)Nc3ccccc3C(C)C)nc2c1. The number of thioether (sulfide) groups is 1. The second-order valence-corrected chi connectivity index (χ2v) is 9.89. The number of hydrogen-bond acceptors (Lipinski definition) is 6. The van der Waals surface area contributed by atoms with Gasteiger partial charge in [0.15, 0.2) is 5.16 Å². The molecule has 4 rings (SSSR count). The van der Waals surface area contributed by atoms with Crippen molar-refractivity contribution >= 4 is 40.2 Å². The van der Waals surface area contributed by atoms with Crippen molar-refractivity contribution in [3.63, 3.8) is 0 Å². The largest absolute Gasteiger partial charge is 0.465 e. The highest BCUT2D eigenvalue weighted by Gasteiger charge is 2.22. The van der Waals surface area contributed by atoms with Crippen LogP contribution < -0.4 is 10.9 Å². The summed E-state index contributed by atoms with van der Waals surface area (Å²) in [6.45, 7) is 5.92. The Labute approximate surface area is 213 Å². The van der Waals surface area contributed by atoms with Gasteiger partial charge in [-0.1, -0.05) is 62.0 Å². The van der Waals surface area contributed by atoms with E-state index in [1.807, 2.05) is 54.6 Å². The Balaban J connectivity index is 1.75. The number of nitrogens with one attached hydrogen (secondary N) is 1. The van der Waals surface area contributed by atoms with E-state index in [2.05, 4.69) is 19.2 Å². The number of aromatic nitrogens is 2. The Morgan fingerprint density at radius 1 is 0.972 bits per heavy atom. The van der Waals surface area contributed by atoms with Gasteiger partial charge in [-0.2, -0.15) is 0 Å². The summed E-state index contributed by atoms with van der Waals surface area (Å²) < 4.78 is 6.31. The average molecular weight is 502 g/mol. The van der Waals surface area contributed by atoms with Gasteiger partial charge in [0.1, 0.15) is 0 Å². The van der Waals surface area contributed by atoms with Crippen LogP contribution in [0.3, 0.4) is 0 Å². The molecule has 0 bridgehead atoms. The minimum absolute atomic E-state index is 0.203. The maximum atomic E-state index is 13.6. The van der Waals surface area contributed by atoms with Gasteiger partial charge in [-0.3, -0.25) is 14.2 Å². The van der Waals surface area contributed by atoms with Crippen LogP contribution in [0.1, 0.15) is 42.6 Å². The van der Waals surface area contributed by atoms with Gasteiger partial charge >= 0.3 is 5.97 Å². The molecular weight excluding hydrogens is 474 g/mol. The smallest absolute Gasteiger partial charge is 0.337 e. The molecule has 1 amide bonds. The Morgan fingerprint density at radius 2 is 1.67 bits per heavy atom. The number of anilines is 1. The second kappa shape index (κ2) is 10.8. The van der Waals surface area contributed by atoms with E-state index in [0.717, 1.165) is 11.3 Å². The molecule has 0 aliphatic rings. The van der Waals surface area contributed by atoms with Crippen LogP contribution in [-0.2, 0) is 9.53 Å². The minimum atomic E-state index is -0.562. The van der Waals surface area contributed by atoms with Crippen LogP contribution in [0.2, 0.25) is 0 Å². The third-order valence-electron chi connectivity index (χ3n) is 5.77. The highest BCUT2D eigenvalue weighted by Crippen LogP contribution is 2.28. The lowest BCUT2D eigenvalue weighted by Gasteiger charge is -2.18. The van der Waals surface area contributed by atoms with Crippen LogP contribution in [-0.4, -0.2) is 33.8 Å². The maximum Gasteiger partial charge on any atom is 0.337 e. The molecule has 0 saturated heterocycles. The topological polar surface area (TPSA) is 90.3 Å². The van der Waals surface area contributed by atoms with Crippen LogP contribution in [0.4, 0.5) is 5.69 Å². The van der Waals surface area contributed by atoms with Gasteiger partial charge in [0.25, 0.3) is 5.56 Å². The average Bonchev–Trinajstić information content (AvgIpc) is 2.88. The number of benzene rings is 3. The molecule has 0 aliphatic carbocycles. The third-order valence-corrected chi connectivity index (χ3v) is 6.82. The van der Waals surface area contributed by atoms with Gasteiger partial charge in [0.05, 0.1) is 34.5 Å². The Morgan fingerprint density at radius 3 is 2.36 bits per heavy atom. The molecule has 0 aliphatic heterocycles. The van der Waals surface area contributed by atoms with Crippen LogP contribution in [0.5, 0.6) is 0 Å². The number of carbonyl (C=O) groups is 2. The second-order valence-electron chi connectivity index (χ2n) is 8.59. The molecule has 1 unspecified atom stereocenters. The summed E-state index contributed by atoms with van der Waals surface area (Å²) in [5.41, 5.74) is 2.80. The van der Waals surface area contributed by atoms with E-state index in [1.54, 1.807) is 19.1 Å². The monoisotopic (exact) mass is 501 g/mol. The molecule has 0 radical (unpaired) electrons. The van der Waals surface area contributed by atoms with E-state index < -0.39 is 11.2 Å². The first-order valence-electron chi connectivity index (χ1n) is 11.6. The molecule has 184 valence electrons. The van der Waals surface area contributed by atoms with Crippen molar-refractivity contribution in [2.75, 3.05) is 12.4 Å². The predicted octanol–water partition coefficient (Wildman–Crippen LogP) is 5.42. The van der Waals surface area contributed by atoms with E-state index in [9.17, 15) is 14.4 Å². The number of nitrogens with zero attached hydrogens (tertiary/aromatic N) is 2. The quantitative estimate of drug-likeness (QED) is 0.207. The molecule has 4 aromatic rings. The number of hydrogen-bond donors (Lipinski definition) is 1. The molecule has 0 spiro atoms. The number of ether oxygens (including phenoxy) is 1. The van der Waals surface area contributed by atoms with Crippen LogP contribution in [0.15, 0.2) is 82.7 Å². The molecule has 36 heavy (non-hydrogen) atoms. The molecule has 1 aromatic heterocycles. The van der Waals surface area contributed by atoms with Crippen molar-refractivity contribution in [1.29, 1.82) is 0 Å². The standard InChI is InChI=1S/C28H27N3O4S/c1-17(2)21-12-8-9-13-23(21)29-25(32)18(3)36-28-30-24-16-19(27(34)35-4)14-15-22(24)26(33)31(28)20-10-6-5-7-11-20/h5-18H,1-4H3,(H,29,32). The van der Waals surface area contributed by atoms with Crippen molar-refractivity contribution < 1.29 is 14.3 Å². The zero-order chi connectivity index (χ0) is 25.8. The van der Waals surface area contributed by atoms with Gasteiger partial charge in [-0.15, -0.1) is 0 Å². The number of amides is 1. The summed E-state index contributed by atoms with van der Waals surface area (Å²) in [5, 5.41) is 3.16. The van der Waals surface area contributed by atoms with Crippen molar-refractivity contribution in [2.45, 2.75) is 37.1 Å². The third kappa shape index (κ3) is 5.18. The Hall–Kier alpha value is -3.91. The van der Waals surface area contributed by atoms with Crippen LogP contribution >= 0.6 is 11.8 Å². The number of para-hydroxylation sites is 2. The summed E-state index contributed by atoms with van der Waals surface area (Å²) >= 11 is 1.18. The van der Waals surface area contributed by atoms with E-state index in [-0.39, 0.29) is 17.4 Å². The molecule has 0 saturated carbocycles. The number of esters is 1. The van der Waals surface area contributed by atoms with E-state index in [4.69, 9.17) is 9.72 Å². The predicted molar refractivity (Wildman–Crippen MR) is 143 cm³/mol. The molecule has 1 N–H and O–H groups in total. The van der Waals surface area contributed by atoms with Crippen LogP contribution in [0, 0.1) is 0 Å². The number of carbonyl (C=O) groups excluding carboxylic acids is 2. The van der Waals surface area contributed by atoms with E-state index in [0.29, 0.717) is 27.3 Å². The summed E-state index contributed by atoms with van der Waals surface area (Å²) in [7, 11) is 1.30. The molecule has 1 heterocycles. The summed E-state index contributed by atoms with van der Waals surface area (Å²) in [4.78, 5) is 43.5. The van der Waals surface area contributed by atoms with Crippen molar-refractivity contribution in [2.24, 2.45) is 0 Å². The fraction of sp³-hybridized carbons (Fsp3) is 0.214. The highest BCUT2D eigenvalue weighted by atomic mass is 32.2. The van der Waals surface area contributed by atoms with Gasteiger partial charge in [0, 0.05) is 5.69 Å². The normalized spacial score (nSPS) is 11.9. The van der Waals surface area contributed by atoms with E-state index in [1.165, 1.54) is 29.5 Å². The lowest BCUT2D eigenvalue weighted by Crippen LogP contribution is -2.26. The number of fused-ring (bicyclic) bond motifs is 1.